The van der Waals surface area contributed by atoms with E-state index in [0.29, 0.717) is 13.2 Å². The standard InChI is InChI=1S/C16H18N2O3/c1-10(17)13-7-6-11-4-2-3-5-14(11)15(13)20-9-12-8-18-16(19)21-12/h2-7,10,12H,8-9,17H2,1H3,(H,18,19)/t10-,12?/m1/s1. The number of nitrogens with one attached hydrogen (secondary N) is 1. The van der Waals surface area contributed by atoms with Gasteiger partial charge in [0, 0.05) is 17.0 Å². The number of benzene rings is 2. The van der Waals surface area contributed by atoms with E-state index >= 15 is 0 Å². The molecular formula is C16H18N2O3. The summed E-state index contributed by atoms with van der Waals surface area (Å²) in [5.41, 5.74) is 6.98. The Balaban J connectivity index is 1.90. The molecule has 2 atom stereocenters. The Morgan fingerprint density at radius 3 is 2.90 bits per heavy atom. The molecule has 0 radical (unpaired) electrons. The molecule has 1 aliphatic heterocycles. The minimum absolute atomic E-state index is 0.131. The number of fused-ring (bicyclic) bond motifs is 1. The van der Waals surface area contributed by atoms with E-state index in [2.05, 4.69) is 5.32 Å². The summed E-state index contributed by atoms with van der Waals surface area (Å²) in [6, 6.07) is 11.9. The predicted octanol–water partition coefficient (Wildman–Crippen LogP) is 2.35. The SMILES string of the molecule is C[C@@H](N)c1ccc2ccccc2c1OCC1CNC(=O)O1. The maximum absolute atomic E-state index is 11.0. The largest absolute Gasteiger partial charge is 0.489 e. The molecule has 1 saturated heterocycles. The molecule has 1 unspecified atom stereocenters. The molecule has 0 bridgehead atoms. The third kappa shape index (κ3) is 2.78. The first kappa shape index (κ1) is 13.7. The first-order valence-electron chi connectivity index (χ1n) is 6.99. The molecule has 5 nitrogen and oxygen atoms in total. The van der Waals surface area contributed by atoms with Crippen molar-refractivity contribution in [2.45, 2.75) is 19.1 Å². The zero-order chi connectivity index (χ0) is 14.8. The van der Waals surface area contributed by atoms with Crippen molar-refractivity contribution in [1.29, 1.82) is 0 Å². The van der Waals surface area contributed by atoms with Gasteiger partial charge in [0.25, 0.3) is 0 Å². The number of amides is 1. The summed E-state index contributed by atoms with van der Waals surface area (Å²) in [4.78, 5) is 11.0. The van der Waals surface area contributed by atoms with Crippen molar-refractivity contribution >= 4 is 16.9 Å². The number of hydrogen-bond donors (Lipinski definition) is 2. The summed E-state index contributed by atoms with van der Waals surface area (Å²) in [6.45, 7) is 2.71. The van der Waals surface area contributed by atoms with E-state index in [4.69, 9.17) is 15.2 Å². The molecule has 110 valence electrons. The maximum atomic E-state index is 11.0. The summed E-state index contributed by atoms with van der Waals surface area (Å²) in [5, 5.41) is 4.73. The lowest BCUT2D eigenvalue weighted by atomic mass is 10.0. The number of alkyl carbamates (subject to hydrolysis) is 1. The molecule has 1 amide bonds. The Bertz CT molecular complexity index is 670. The van der Waals surface area contributed by atoms with Crippen LogP contribution in [0.2, 0.25) is 0 Å². The molecular weight excluding hydrogens is 268 g/mol. The van der Waals surface area contributed by atoms with Crippen LogP contribution >= 0.6 is 0 Å². The topological polar surface area (TPSA) is 73.6 Å². The second kappa shape index (κ2) is 5.61. The molecule has 2 aromatic carbocycles. The fraction of sp³-hybridized carbons (Fsp3) is 0.312. The Labute approximate surface area is 123 Å². The van der Waals surface area contributed by atoms with Gasteiger partial charge in [-0.05, 0) is 12.3 Å². The Hall–Kier alpha value is -2.27. The number of hydrogen-bond acceptors (Lipinski definition) is 4. The number of ether oxygens (including phenoxy) is 2. The van der Waals surface area contributed by atoms with Gasteiger partial charge in [-0.25, -0.2) is 4.79 Å². The quantitative estimate of drug-likeness (QED) is 0.904. The molecule has 1 heterocycles. The molecule has 0 aliphatic carbocycles. The van der Waals surface area contributed by atoms with Crippen LogP contribution in [-0.2, 0) is 4.74 Å². The fourth-order valence-electron chi connectivity index (χ4n) is 2.48. The molecule has 3 rings (SSSR count). The van der Waals surface area contributed by atoms with Gasteiger partial charge >= 0.3 is 6.09 Å². The summed E-state index contributed by atoms with van der Waals surface area (Å²) >= 11 is 0. The summed E-state index contributed by atoms with van der Waals surface area (Å²) in [7, 11) is 0. The highest BCUT2D eigenvalue weighted by Crippen LogP contribution is 2.33. The molecule has 0 aromatic heterocycles. The van der Waals surface area contributed by atoms with E-state index in [9.17, 15) is 4.79 Å². The van der Waals surface area contributed by atoms with Crippen LogP contribution in [0, 0.1) is 0 Å². The molecule has 2 aromatic rings. The molecule has 3 N–H and O–H groups in total. The minimum atomic E-state index is -0.395. The zero-order valence-electron chi connectivity index (χ0n) is 11.8. The van der Waals surface area contributed by atoms with Crippen LogP contribution in [-0.4, -0.2) is 25.3 Å². The summed E-state index contributed by atoms with van der Waals surface area (Å²) < 4.78 is 11.0. The van der Waals surface area contributed by atoms with Crippen molar-refractivity contribution in [3.8, 4) is 5.75 Å². The van der Waals surface area contributed by atoms with Crippen LogP contribution in [0.3, 0.4) is 0 Å². The average Bonchev–Trinajstić information content (AvgIpc) is 2.90. The Morgan fingerprint density at radius 2 is 2.19 bits per heavy atom. The monoisotopic (exact) mass is 286 g/mol. The van der Waals surface area contributed by atoms with E-state index in [1.807, 2.05) is 43.3 Å². The van der Waals surface area contributed by atoms with Crippen molar-refractivity contribution in [2.75, 3.05) is 13.2 Å². The van der Waals surface area contributed by atoms with Gasteiger partial charge in [-0.2, -0.15) is 0 Å². The van der Waals surface area contributed by atoms with E-state index in [1.54, 1.807) is 0 Å². The lowest BCUT2D eigenvalue weighted by Crippen LogP contribution is -2.22. The van der Waals surface area contributed by atoms with E-state index in [1.165, 1.54) is 0 Å². The molecule has 0 spiro atoms. The van der Waals surface area contributed by atoms with Crippen molar-refractivity contribution < 1.29 is 14.3 Å². The highest BCUT2D eigenvalue weighted by atomic mass is 16.6. The first-order valence-corrected chi connectivity index (χ1v) is 6.99. The van der Waals surface area contributed by atoms with E-state index < -0.39 is 6.09 Å². The molecule has 0 saturated carbocycles. The van der Waals surface area contributed by atoms with Crippen LogP contribution in [0.15, 0.2) is 36.4 Å². The van der Waals surface area contributed by atoms with Gasteiger partial charge in [0.1, 0.15) is 12.4 Å². The van der Waals surface area contributed by atoms with E-state index in [-0.39, 0.29) is 12.1 Å². The number of carbonyl (C=O) groups excluding carboxylic acids is 1. The van der Waals surface area contributed by atoms with Crippen LogP contribution < -0.4 is 15.8 Å². The predicted molar refractivity (Wildman–Crippen MR) is 80.3 cm³/mol. The van der Waals surface area contributed by atoms with Gasteiger partial charge in [-0.1, -0.05) is 36.4 Å². The third-order valence-corrected chi connectivity index (χ3v) is 3.56. The normalized spacial score (nSPS) is 19.1. The lowest BCUT2D eigenvalue weighted by molar-refractivity contribution is 0.105. The first-order chi connectivity index (χ1) is 10.1. The highest BCUT2D eigenvalue weighted by molar-refractivity contribution is 5.89. The third-order valence-electron chi connectivity index (χ3n) is 3.56. The van der Waals surface area contributed by atoms with Crippen LogP contribution in [0.25, 0.3) is 10.8 Å². The van der Waals surface area contributed by atoms with Crippen LogP contribution in [0.5, 0.6) is 5.75 Å². The van der Waals surface area contributed by atoms with Crippen LogP contribution in [0.1, 0.15) is 18.5 Å². The van der Waals surface area contributed by atoms with Crippen LogP contribution in [0.4, 0.5) is 4.79 Å². The maximum Gasteiger partial charge on any atom is 0.407 e. The van der Waals surface area contributed by atoms with Crippen molar-refractivity contribution in [3.05, 3.63) is 42.0 Å². The van der Waals surface area contributed by atoms with Gasteiger partial charge in [-0.15, -0.1) is 0 Å². The average molecular weight is 286 g/mol. The minimum Gasteiger partial charge on any atom is -0.489 e. The van der Waals surface area contributed by atoms with Crippen molar-refractivity contribution in [1.82, 2.24) is 5.32 Å². The van der Waals surface area contributed by atoms with Gasteiger partial charge in [-0.3, -0.25) is 0 Å². The van der Waals surface area contributed by atoms with Gasteiger partial charge < -0.3 is 20.5 Å². The fourth-order valence-corrected chi connectivity index (χ4v) is 2.48. The van der Waals surface area contributed by atoms with Crippen molar-refractivity contribution in [3.63, 3.8) is 0 Å². The van der Waals surface area contributed by atoms with Crippen molar-refractivity contribution in [2.24, 2.45) is 5.73 Å². The van der Waals surface area contributed by atoms with Gasteiger partial charge in [0.05, 0.1) is 6.54 Å². The van der Waals surface area contributed by atoms with Gasteiger partial charge in [0.15, 0.2) is 6.10 Å². The summed E-state index contributed by atoms with van der Waals surface area (Å²) in [5.74, 6) is 0.769. The number of rotatable bonds is 4. The lowest BCUT2D eigenvalue weighted by Gasteiger charge is -2.18. The zero-order valence-corrected chi connectivity index (χ0v) is 11.8. The number of cyclic esters (lactones) is 1. The second-order valence-electron chi connectivity index (χ2n) is 5.21. The second-order valence-corrected chi connectivity index (χ2v) is 5.21. The Morgan fingerprint density at radius 1 is 1.38 bits per heavy atom. The molecule has 21 heavy (non-hydrogen) atoms. The molecule has 1 aliphatic rings. The van der Waals surface area contributed by atoms with E-state index in [0.717, 1.165) is 22.1 Å². The van der Waals surface area contributed by atoms with Gasteiger partial charge in [0.2, 0.25) is 0 Å². The molecule has 5 heteroatoms. The summed E-state index contributed by atoms with van der Waals surface area (Å²) in [6.07, 6.45) is -0.661. The number of carbonyl (C=O) groups is 1. The highest BCUT2D eigenvalue weighted by Gasteiger charge is 2.24. The smallest absolute Gasteiger partial charge is 0.407 e. The Kier molecular flexibility index (Phi) is 3.66. The molecule has 1 fully saturated rings. The number of nitrogens with two attached hydrogens (primary N) is 1.